The predicted octanol–water partition coefficient (Wildman–Crippen LogP) is 0.0995. The highest BCUT2D eigenvalue weighted by molar-refractivity contribution is 6.01. The minimum Gasteiger partial charge on any atom is -0.337 e. The monoisotopic (exact) mass is 605 g/mol. The number of hydrogen-bond donors (Lipinski definition) is 7. The van der Waals surface area contributed by atoms with Gasteiger partial charge in [0.25, 0.3) is 11.8 Å². The second-order valence-corrected chi connectivity index (χ2v) is 10.5. The smallest absolute Gasteiger partial charge is 0.337 e. The molecule has 16 nitrogen and oxygen atoms in total. The van der Waals surface area contributed by atoms with Crippen LogP contribution in [-0.2, 0) is 21.0 Å². The molecule has 0 unspecified atom stereocenters. The molecule has 0 saturated carbocycles. The number of benzene rings is 1. The summed E-state index contributed by atoms with van der Waals surface area (Å²) in [4.78, 5) is 79.2. The highest BCUT2D eigenvalue weighted by atomic mass is 16.7. The van der Waals surface area contributed by atoms with E-state index in [2.05, 4.69) is 31.9 Å². The molecule has 1 fully saturated rings. The van der Waals surface area contributed by atoms with Gasteiger partial charge in [-0.15, -0.1) is 5.06 Å². The number of rotatable bonds is 14. The Morgan fingerprint density at radius 2 is 1.35 bits per heavy atom. The first-order valence-corrected chi connectivity index (χ1v) is 14.1. The molecule has 8 N–H and O–H groups in total. The summed E-state index contributed by atoms with van der Waals surface area (Å²) in [6.45, 7) is 7.73. The second-order valence-electron chi connectivity index (χ2n) is 10.5. The van der Waals surface area contributed by atoms with Gasteiger partial charge in [-0.2, -0.15) is 0 Å². The van der Waals surface area contributed by atoms with Crippen LogP contribution < -0.4 is 37.6 Å². The van der Waals surface area contributed by atoms with Crippen molar-refractivity contribution in [3.63, 3.8) is 0 Å². The third kappa shape index (κ3) is 12.8. The molecule has 16 heteroatoms. The van der Waals surface area contributed by atoms with Gasteiger partial charge in [-0.05, 0) is 33.3 Å². The first-order chi connectivity index (χ1) is 20.3. The Bertz CT molecular complexity index is 1100. The number of carbonyl (C=O) groups excluding carboxylic acids is 6. The van der Waals surface area contributed by atoms with Crippen LogP contribution in [0.25, 0.3) is 0 Å². The summed E-state index contributed by atoms with van der Waals surface area (Å²) in [6, 6.07) is 6.43. The quantitative estimate of drug-likeness (QED) is 0.144. The van der Waals surface area contributed by atoms with Crippen molar-refractivity contribution in [3.05, 3.63) is 35.9 Å². The molecule has 0 radical (unpaired) electrons. The van der Waals surface area contributed by atoms with Crippen LogP contribution in [0.3, 0.4) is 0 Å². The van der Waals surface area contributed by atoms with Crippen molar-refractivity contribution < 1.29 is 33.6 Å². The minimum absolute atomic E-state index is 0.0212. The van der Waals surface area contributed by atoms with E-state index in [4.69, 9.17) is 10.6 Å². The molecule has 2 rings (SSSR count). The summed E-state index contributed by atoms with van der Waals surface area (Å²) in [7, 11) is 0. The van der Waals surface area contributed by atoms with Gasteiger partial charge >= 0.3 is 24.2 Å². The lowest BCUT2D eigenvalue weighted by Gasteiger charge is -2.30. The summed E-state index contributed by atoms with van der Waals surface area (Å²) in [5.74, 6) is -1.19. The summed E-state index contributed by atoms with van der Waals surface area (Å²) >= 11 is 0. The Balaban J connectivity index is 1.84. The fourth-order valence-corrected chi connectivity index (χ4v) is 3.82. The van der Waals surface area contributed by atoms with Crippen LogP contribution in [0.5, 0.6) is 0 Å². The molecule has 0 bridgehead atoms. The number of hydroxylamine groups is 2. The van der Waals surface area contributed by atoms with Crippen LogP contribution in [-0.4, -0.2) is 96.3 Å². The molecular weight excluding hydrogens is 562 g/mol. The van der Waals surface area contributed by atoms with Crippen LogP contribution >= 0.6 is 0 Å². The van der Waals surface area contributed by atoms with Crippen molar-refractivity contribution in [2.45, 2.75) is 71.2 Å². The molecule has 0 spiro atoms. The summed E-state index contributed by atoms with van der Waals surface area (Å²) < 4.78 is 0. The van der Waals surface area contributed by atoms with Crippen LogP contribution in [0.2, 0.25) is 0 Å². The molecule has 4 atom stereocenters. The SMILES string of the molecule is C[C@H](CNC(=O)N(Cc1ccccc1)[C@@H](C)CNC(=O)ON1C(=O)CCC1=O)NC(=O)NC[C@H](C)NC(=O)NC[C@@H](C)N. The van der Waals surface area contributed by atoms with Crippen LogP contribution in [0.1, 0.15) is 46.1 Å². The Morgan fingerprint density at radius 1 is 0.814 bits per heavy atom. The number of urea groups is 3. The second kappa shape index (κ2) is 17.4. The first kappa shape index (κ1) is 34.6. The average Bonchev–Trinajstić information content (AvgIpc) is 3.27. The molecule has 1 aliphatic rings. The van der Waals surface area contributed by atoms with Gasteiger partial charge in [0.1, 0.15) is 0 Å². The van der Waals surface area contributed by atoms with Gasteiger partial charge in [-0.1, -0.05) is 30.3 Å². The van der Waals surface area contributed by atoms with Crippen molar-refractivity contribution in [1.82, 2.24) is 41.9 Å². The molecule has 1 aromatic rings. The van der Waals surface area contributed by atoms with Gasteiger partial charge in [0.2, 0.25) is 0 Å². The number of amides is 9. The van der Waals surface area contributed by atoms with E-state index >= 15 is 0 Å². The Hall–Kier alpha value is -4.60. The maximum atomic E-state index is 13.2. The molecular formula is C27H43N9O7. The van der Waals surface area contributed by atoms with Crippen molar-refractivity contribution in [1.29, 1.82) is 0 Å². The van der Waals surface area contributed by atoms with E-state index in [-0.39, 0.29) is 57.1 Å². The maximum Gasteiger partial charge on any atom is 0.432 e. The maximum absolute atomic E-state index is 13.2. The van der Waals surface area contributed by atoms with E-state index in [1.54, 1.807) is 27.7 Å². The van der Waals surface area contributed by atoms with E-state index in [1.165, 1.54) is 4.90 Å². The number of carbonyl (C=O) groups is 6. The van der Waals surface area contributed by atoms with Gasteiger partial charge in [0, 0.05) is 69.7 Å². The van der Waals surface area contributed by atoms with E-state index in [1.807, 2.05) is 30.3 Å². The molecule has 238 valence electrons. The molecule has 1 aliphatic heterocycles. The zero-order chi connectivity index (χ0) is 31.9. The standard InChI is InChI=1S/C27H43N9O7/c1-17(28)12-29-24(39)33-18(2)13-30-25(40)34-19(3)14-31-26(41)35(16-21-8-6-5-7-9-21)20(4)15-32-27(42)43-36-22(37)10-11-23(36)38/h5-9,17-20H,10-16,28H2,1-4H3,(H,31,41)(H,32,42)(H2,29,33,39)(H2,30,34,40)/t17-,18+,19-,20+/m1/s1. The average molecular weight is 606 g/mol. The minimum atomic E-state index is -0.991. The largest absolute Gasteiger partial charge is 0.432 e. The Labute approximate surface area is 250 Å². The normalized spacial score (nSPS) is 15.4. The fourth-order valence-electron chi connectivity index (χ4n) is 3.82. The van der Waals surface area contributed by atoms with Gasteiger partial charge in [0.05, 0.1) is 0 Å². The predicted molar refractivity (Wildman–Crippen MR) is 156 cm³/mol. The molecule has 1 saturated heterocycles. The van der Waals surface area contributed by atoms with Crippen molar-refractivity contribution in [3.8, 4) is 0 Å². The third-order valence-electron chi connectivity index (χ3n) is 6.18. The van der Waals surface area contributed by atoms with Crippen molar-refractivity contribution >= 4 is 36.0 Å². The number of nitrogens with two attached hydrogens (primary N) is 1. The van der Waals surface area contributed by atoms with E-state index in [9.17, 15) is 28.8 Å². The summed E-state index contributed by atoms with van der Waals surface area (Å²) in [6.07, 6.45) is -1.03. The zero-order valence-electron chi connectivity index (χ0n) is 25.0. The van der Waals surface area contributed by atoms with Crippen LogP contribution in [0.4, 0.5) is 19.2 Å². The molecule has 43 heavy (non-hydrogen) atoms. The number of nitrogens with one attached hydrogen (secondary N) is 6. The lowest BCUT2D eigenvalue weighted by atomic mass is 10.2. The van der Waals surface area contributed by atoms with Gasteiger partial charge in [-0.3, -0.25) is 9.59 Å². The lowest BCUT2D eigenvalue weighted by Crippen LogP contribution is -2.53. The van der Waals surface area contributed by atoms with Gasteiger partial charge < -0.3 is 47.4 Å². The molecule has 1 aromatic carbocycles. The highest BCUT2D eigenvalue weighted by Gasteiger charge is 2.33. The molecule has 0 aliphatic carbocycles. The lowest BCUT2D eigenvalue weighted by molar-refractivity contribution is -0.171. The molecule has 9 amide bonds. The van der Waals surface area contributed by atoms with Crippen LogP contribution in [0, 0.1) is 0 Å². The summed E-state index contributed by atoms with van der Waals surface area (Å²) in [5, 5.41) is 16.4. The number of nitrogens with zero attached hydrogens (tertiary/aromatic N) is 2. The fraction of sp³-hybridized carbons (Fsp3) is 0.556. The first-order valence-electron chi connectivity index (χ1n) is 14.1. The molecule has 1 heterocycles. The number of hydrogen-bond acceptors (Lipinski definition) is 8. The molecule has 0 aromatic heterocycles. The van der Waals surface area contributed by atoms with Gasteiger partial charge in [-0.25, -0.2) is 19.2 Å². The van der Waals surface area contributed by atoms with Crippen molar-refractivity contribution in [2.24, 2.45) is 5.73 Å². The highest BCUT2D eigenvalue weighted by Crippen LogP contribution is 2.12. The van der Waals surface area contributed by atoms with Gasteiger partial charge in [0.15, 0.2) is 0 Å². The Kier molecular flexibility index (Phi) is 14.0. The third-order valence-corrected chi connectivity index (χ3v) is 6.18. The Morgan fingerprint density at radius 3 is 1.91 bits per heavy atom. The zero-order valence-corrected chi connectivity index (χ0v) is 25.0. The van der Waals surface area contributed by atoms with E-state index in [0.29, 0.717) is 11.6 Å². The van der Waals surface area contributed by atoms with E-state index in [0.717, 1.165) is 5.56 Å². The van der Waals surface area contributed by atoms with Crippen molar-refractivity contribution in [2.75, 3.05) is 26.2 Å². The van der Waals surface area contributed by atoms with Crippen LogP contribution in [0.15, 0.2) is 30.3 Å². The summed E-state index contributed by atoms with van der Waals surface area (Å²) in [5.41, 5.74) is 6.45. The topological polar surface area (TPSA) is 216 Å². The number of imide groups is 1. The van der Waals surface area contributed by atoms with E-state index < -0.39 is 42.1 Å².